The number of benzene rings is 1. The number of hydrogen-bond donors (Lipinski definition) is 3. The summed E-state index contributed by atoms with van der Waals surface area (Å²) in [4.78, 5) is 57.2. The highest BCUT2D eigenvalue weighted by Gasteiger charge is 2.64. The van der Waals surface area contributed by atoms with E-state index < -0.39 is 65.0 Å². The molecule has 1 heterocycles. The number of rotatable bonds is 5. The predicted molar refractivity (Wildman–Crippen MR) is 141 cm³/mol. The number of methoxy groups -OCH3 is 1. The molecule has 4 aliphatic rings. The fraction of sp³-hybridized carbons (Fsp3) is 0.655. The maximum atomic E-state index is 13.9. The van der Waals surface area contributed by atoms with Crippen molar-refractivity contribution >= 4 is 23.3 Å². The first-order valence-corrected chi connectivity index (χ1v) is 13.8. The van der Waals surface area contributed by atoms with E-state index in [2.05, 4.69) is 18.7 Å². The Bertz CT molecular complexity index is 1240. The van der Waals surface area contributed by atoms with Crippen molar-refractivity contribution in [2.24, 2.45) is 29.4 Å². The second-order valence-corrected chi connectivity index (χ2v) is 12.3. The molecule has 1 aromatic rings. The molecule has 4 N–H and O–H groups in total. The first kappa shape index (κ1) is 27.7. The first-order chi connectivity index (χ1) is 18.3. The second kappa shape index (κ2) is 9.67. The highest BCUT2D eigenvalue weighted by molar-refractivity contribution is 6.17. The molecule has 0 bridgehead atoms. The third-order valence-corrected chi connectivity index (χ3v) is 9.90. The van der Waals surface area contributed by atoms with Gasteiger partial charge in [-0.15, -0.1) is 0 Å². The van der Waals surface area contributed by atoms with Gasteiger partial charge in [0, 0.05) is 42.1 Å². The fourth-order valence-corrected chi connectivity index (χ4v) is 7.95. The van der Waals surface area contributed by atoms with Crippen LogP contribution in [0.2, 0.25) is 0 Å². The number of aromatic hydroxyl groups is 1. The van der Waals surface area contributed by atoms with Gasteiger partial charge in [-0.3, -0.25) is 29.0 Å². The van der Waals surface area contributed by atoms with E-state index in [0.29, 0.717) is 29.9 Å². The van der Waals surface area contributed by atoms with Crippen LogP contribution >= 0.6 is 0 Å². The lowest BCUT2D eigenvalue weighted by Gasteiger charge is -2.53. The van der Waals surface area contributed by atoms with Gasteiger partial charge in [0.05, 0.1) is 24.6 Å². The number of amides is 1. The number of nitrogens with two attached hydrogens (primary N) is 1. The maximum Gasteiger partial charge on any atom is 0.228 e. The summed E-state index contributed by atoms with van der Waals surface area (Å²) in [7, 11) is 4.87. The lowest BCUT2D eigenvalue weighted by atomic mass is 9.52. The summed E-state index contributed by atoms with van der Waals surface area (Å²) in [6.45, 7) is 4.90. The van der Waals surface area contributed by atoms with Crippen LogP contribution in [0.4, 0.5) is 0 Å². The van der Waals surface area contributed by atoms with Crippen molar-refractivity contribution in [3.05, 3.63) is 22.8 Å². The molecule has 0 aromatic heterocycles. The molecule has 3 fully saturated rings. The first-order valence-electron chi connectivity index (χ1n) is 13.8. The number of hydrogen-bond acceptors (Lipinski definition) is 9. The standard InChI is InChI=1S/C29H39N3O7/c1-13-6-7-14(2)32(13)12-16-10-20(33)22-17(26(16)39-5)8-15-9-19-23(31(3)4)24(34)18(28(30)37)11-29(19,38)27(36)21(15)25(22)35/h10,13-15,18-19,21,23,33,38H,6-9,11-12H2,1-5H3,(H2,30,37). The molecule has 212 valence electrons. The number of phenols is 1. The summed E-state index contributed by atoms with van der Waals surface area (Å²) in [5.41, 5.74) is 4.83. The molecule has 8 unspecified atom stereocenters. The van der Waals surface area contributed by atoms with E-state index in [1.165, 1.54) is 0 Å². The van der Waals surface area contributed by atoms with Crippen LogP contribution in [0.1, 0.15) is 61.0 Å². The van der Waals surface area contributed by atoms with E-state index in [0.717, 1.165) is 18.4 Å². The van der Waals surface area contributed by atoms with Crippen molar-refractivity contribution < 1.29 is 34.1 Å². The zero-order valence-corrected chi connectivity index (χ0v) is 23.3. The maximum absolute atomic E-state index is 13.9. The SMILES string of the molecule is COc1c(CN2C(C)CCC2C)cc(O)c2c1CC1CC3C(N(C)C)C(=O)C(C(N)=O)CC3(O)C(=O)C1C2=O. The van der Waals surface area contributed by atoms with Crippen molar-refractivity contribution in [2.45, 2.75) is 76.2 Å². The summed E-state index contributed by atoms with van der Waals surface area (Å²) >= 11 is 0. The topological polar surface area (TPSA) is 150 Å². The van der Waals surface area contributed by atoms with E-state index in [1.54, 1.807) is 32.2 Å². The molecule has 10 nitrogen and oxygen atoms in total. The van der Waals surface area contributed by atoms with E-state index in [9.17, 15) is 29.4 Å². The lowest BCUT2D eigenvalue weighted by Crippen LogP contribution is -2.69. The number of likely N-dealkylation sites (tertiary alicyclic amines) is 1. The van der Waals surface area contributed by atoms with Crippen LogP contribution in [-0.4, -0.2) is 88.2 Å². The van der Waals surface area contributed by atoms with Crippen LogP contribution in [0.3, 0.4) is 0 Å². The number of nitrogens with zero attached hydrogens (tertiary/aromatic N) is 2. The Hall–Kier alpha value is -2.82. The van der Waals surface area contributed by atoms with Gasteiger partial charge < -0.3 is 20.7 Å². The van der Waals surface area contributed by atoms with Crippen LogP contribution in [-0.2, 0) is 27.3 Å². The number of carbonyl (C=O) groups is 4. The molecule has 5 rings (SSSR count). The number of likely N-dealkylation sites (N-methyl/N-ethyl adjacent to an activating group) is 1. The number of Topliss-reactive ketones (excluding diaryl/α,β-unsaturated/α-hetero) is 3. The minimum atomic E-state index is -2.06. The molecule has 0 radical (unpaired) electrons. The van der Waals surface area contributed by atoms with Crippen molar-refractivity contribution in [1.82, 2.24) is 9.80 Å². The molecule has 3 aliphatic carbocycles. The van der Waals surface area contributed by atoms with E-state index in [4.69, 9.17) is 10.5 Å². The predicted octanol–water partition coefficient (Wildman–Crippen LogP) is 1.07. The zero-order chi connectivity index (χ0) is 28.5. The molecule has 2 saturated carbocycles. The quantitative estimate of drug-likeness (QED) is 0.465. The van der Waals surface area contributed by atoms with Gasteiger partial charge in [0.2, 0.25) is 5.91 Å². The third kappa shape index (κ3) is 4.10. The summed E-state index contributed by atoms with van der Waals surface area (Å²) in [6, 6.07) is 1.41. The fourth-order valence-electron chi connectivity index (χ4n) is 7.95. The summed E-state index contributed by atoms with van der Waals surface area (Å²) in [5.74, 6) is -6.04. The van der Waals surface area contributed by atoms with Crippen molar-refractivity contribution in [1.29, 1.82) is 0 Å². The van der Waals surface area contributed by atoms with Gasteiger partial charge in [0.1, 0.15) is 23.0 Å². The van der Waals surface area contributed by atoms with Gasteiger partial charge in [0.15, 0.2) is 17.3 Å². The highest BCUT2D eigenvalue weighted by Crippen LogP contribution is 2.53. The Morgan fingerprint density at radius 3 is 2.41 bits per heavy atom. The zero-order valence-electron chi connectivity index (χ0n) is 23.3. The molecule has 1 aromatic carbocycles. The van der Waals surface area contributed by atoms with Crippen LogP contribution in [0.15, 0.2) is 6.07 Å². The minimum absolute atomic E-state index is 0.0530. The molecular weight excluding hydrogens is 502 g/mol. The molecule has 1 amide bonds. The van der Waals surface area contributed by atoms with Gasteiger partial charge >= 0.3 is 0 Å². The normalized spacial score (nSPS) is 36.5. The van der Waals surface area contributed by atoms with Crippen molar-refractivity contribution in [3.63, 3.8) is 0 Å². The number of ketones is 3. The molecule has 10 heteroatoms. The van der Waals surface area contributed by atoms with Crippen LogP contribution < -0.4 is 10.5 Å². The third-order valence-electron chi connectivity index (χ3n) is 9.90. The van der Waals surface area contributed by atoms with Gasteiger partial charge in [0.25, 0.3) is 0 Å². The van der Waals surface area contributed by atoms with Crippen molar-refractivity contribution in [3.8, 4) is 11.5 Å². The average molecular weight is 542 g/mol. The molecule has 39 heavy (non-hydrogen) atoms. The van der Waals surface area contributed by atoms with E-state index in [-0.39, 0.29) is 24.2 Å². The van der Waals surface area contributed by atoms with Gasteiger partial charge in [-0.25, -0.2) is 0 Å². The summed E-state index contributed by atoms with van der Waals surface area (Å²) < 4.78 is 5.84. The molecule has 1 saturated heterocycles. The second-order valence-electron chi connectivity index (χ2n) is 12.3. The number of phenolic OH excluding ortho intramolecular Hbond substituents is 1. The van der Waals surface area contributed by atoms with Crippen LogP contribution in [0.5, 0.6) is 11.5 Å². The van der Waals surface area contributed by atoms with Crippen LogP contribution in [0.25, 0.3) is 0 Å². The molecule has 0 spiro atoms. The number of primary amides is 1. The van der Waals surface area contributed by atoms with E-state index in [1.807, 2.05) is 0 Å². The molecular formula is C29H39N3O7. The molecule has 1 aliphatic heterocycles. The minimum Gasteiger partial charge on any atom is -0.507 e. The Labute approximate surface area is 228 Å². The van der Waals surface area contributed by atoms with Gasteiger partial charge in [-0.1, -0.05) is 0 Å². The monoisotopic (exact) mass is 541 g/mol. The Kier molecular flexibility index (Phi) is 6.88. The smallest absolute Gasteiger partial charge is 0.228 e. The van der Waals surface area contributed by atoms with Gasteiger partial charge in [-0.05, 0) is 65.6 Å². The Morgan fingerprint density at radius 1 is 1.21 bits per heavy atom. The summed E-state index contributed by atoms with van der Waals surface area (Å²) in [5, 5.41) is 22.9. The largest absolute Gasteiger partial charge is 0.507 e. The van der Waals surface area contributed by atoms with Crippen LogP contribution in [0, 0.1) is 23.7 Å². The number of aliphatic hydroxyl groups is 1. The Morgan fingerprint density at radius 2 is 1.85 bits per heavy atom. The van der Waals surface area contributed by atoms with Crippen molar-refractivity contribution in [2.75, 3.05) is 21.2 Å². The number of ether oxygens (including phenoxy) is 1. The molecule has 8 atom stereocenters. The Balaban J connectivity index is 1.57. The number of fused-ring (bicyclic) bond motifs is 3. The summed E-state index contributed by atoms with van der Waals surface area (Å²) in [6.07, 6.45) is 2.24. The lowest BCUT2D eigenvalue weighted by molar-refractivity contribution is -0.176. The highest BCUT2D eigenvalue weighted by atomic mass is 16.5. The number of carbonyl (C=O) groups excluding carboxylic acids is 4. The van der Waals surface area contributed by atoms with Gasteiger partial charge in [-0.2, -0.15) is 0 Å². The van der Waals surface area contributed by atoms with E-state index >= 15 is 0 Å². The average Bonchev–Trinajstić information content (AvgIpc) is 3.17.